The molecule has 2 amide bonds. The Morgan fingerprint density at radius 1 is 1.23 bits per heavy atom. The van der Waals surface area contributed by atoms with E-state index < -0.39 is 35.7 Å². The molecular formula is C17H16ClFN2O4S. The highest BCUT2D eigenvalue weighted by Crippen LogP contribution is 2.19. The van der Waals surface area contributed by atoms with E-state index in [1.54, 1.807) is 17.5 Å². The van der Waals surface area contributed by atoms with Crippen molar-refractivity contribution in [3.05, 3.63) is 51.4 Å². The summed E-state index contributed by atoms with van der Waals surface area (Å²) in [4.78, 5) is 36.4. The Hall–Kier alpha value is -2.45. The number of ether oxygens (including phenoxy) is 1. The summed E-state index contributed by atoms with van der Waals surface area (Å²) in [7, 11) is 0. The molecule has 2 aromatic rings. The number of carbonyl (C=O) groups excluding carboxylic acids is 3. The average molecular weight is 399 g/mol. The first-order valence-electron chi connectivity index (χ1n) is 7.58. The molecule has 2 atom stereocenters. The topological polar surface area (TPSA) is 84.5 Å². The van der Waals surface area contributed by atoms with Crippen molar-refractivity contribution in [2.24, 2.45) is 0 Å². The maximum atomic E-state index is 13.7. The average Bonchev–Trinajstić information content (AvgIpc) is 3.11. The van der Waals surface area contributed by atoms with Gasteiger partial charge in [0.1, 0.15) is 11.9 Å². The minimum Gasteiger partial charge on any atom is -0.451 e. The number of hydrogen-bond acceptors (Lipinski definition) is 5. The third-order valence-corrected chi connectivity index (χ3v) is 4.40. The molecule has 1 heterocycles. The lowest BCUT2D eigenvalue weighted by atomic mass is 10.2. The van der Waals surface area contributed by atoms with Gasteiger partial charge in [-0.2, -0.15) is 0 Å². The van der Waals surface area contributed by atoms with Gasteiger partial charge in [-0.05, 0) is 43.5 Å². The quantitative estimate of drug-likeness (QED) is 0.731. The Balaban J connectivity index is 1.88. The summed E-state index contributed by atoms with van der Waals surface area (Å²) in [6.07, 6.45) is -1.18. The van der Waals surface area contributed by atoms with Crippen LogP contribution in [-0.4, -0.2) is 29.9 Å². The van der Waals surface area contributed by atoms with Crippen LogP contribution >= 0.6 is 22.9 Å². The van der Waals surface area contributed by atoms with Gasteiger partial charge < -0.3 is 15.4 Å². The monoisotopic (exact) mass is 398 g/mol. The second kappa shape index (κ2) is 8.77. The summed E-state index contributed by atoms with van der Waals surface area (Å²) in [6.45, 7) is 2.78. The van der Waals surface area contributed by atoms with E-state index in [0.29, 0.717) is 4.88 Å². The van der Waals surface area contributed by atoms with Crippen LogP contribution in [0.5, 0.6) is 0 Å². The highest BCUT2D eigenvalue weighted by Gasteiger charge is 2.24. The van der Waals surface area contributed by atoms with E-state index in [0.717, 1.165) is 6.07 Å². The Morgan fingerprint density at radius 2 is 1.96 bits per heavy atom. The first-order valence-corrected chi connectivity index (χ1v) is 8.84. The molecule has 0 fully saturated rings. The Labute approximate surface area is 158 Å². The van der Waals surface area contributed by atoms with Crippen molar-refractivity contribution in [1.29, 1.82) is 0 Å². The summed E-state index contributed by atoms with van der Waals surface area (Å²) in [5.74, 6) is -2.61. The van der Waals surface area contributed by atoms with Crippen LogP contribution in [0, 0.1) is 5.82 Å². The zero-order valence-corrected chi connectivity index (χ0v) is 15.5. The largest absolute Gasteiger partial charge is 0.451 e. The molecule has 2 N–H and O–H groups in total. The molecule has 6 nitrogen and oxygen atoms in total. The van der Waals surface area contributed by atoms with E-state index in [9.17, 15) is 18.8 Å². The lowest BCUT2D eigenvalue weighted by Crippen LogP contribution is -2.42. The summed E-state index contributed by atoms with van der Waals surface area (Å²) in [5, 5.41) is 6.72. The highest BCUT2D eigenvalue weighted by molar-refractivity contribution is 7.12. The number of carbonyl (C=O) groups is 3. The molecule has 2 unspecified atom stereocenters. The van der Waals surface area contributed by atoms with E-state index in [1.807, 2.05) is 0 Å². The van der Waals surface area contributed by atoms with E-state index in [2.05, 4.69) is 10.6 Å². The number of halogens is 2. The van der Waals surface area contributed by atoms with Gasteiger partial charge in [0.15, 0.2) is 6.10 Å². The minimum absolute atomic E-state index is 0.0821. The predicted molar refractivity (Wildman–Crippen MR) is 96.8 cm³/mol. The van der Waals surface area contributed by atoms with Gasteiger partial charge >= 0.3 is 5.97 Å². The lowest BCUT2D eigenvalue weighted by Gasteiger charge is -2.17. The van der Waals surface area contributed by atoms with E-state index in [1.165, 1.54) is 37.3 Å². The summed E-state index contributed by atoms with van der Waals surface area (Å²) < 4.78 is 18.7. The number of hydrogen-bond donors (Lipinski definition) is 2. The Morgan fingerprint density at radius 3 is 2.58 bits per heavy atom. The molecule has 2 rings (SSSR count). The van der Waals surface area contributed by atoms with Crippen molar-refractivity contribution in [3.63, 3.8) is 0 Å². The van der Waals surface area contributed by atoms with Crippen molar-refractivity contribution in [3.8, 4) is 0 Å². The Bertz CT molecular complexity index is 813. The Kier molecular flexibility index (Phi) is 6.70. The first-order chi connectivity index (χ1) is 12.3. The molecule has 1 aromatic carbocycles. The van der Waals surface area contributed by atoms with Gasteiger partial charge in [0.25, 0.3) is 11.8 Å². The van der Waals surface area contributed by atoms with Gasteiger partial charge in [-0.15, -0.1) is 11.3 Å². The predicted octanol–water partition coefficient (Wildman–Crippen LogP) is 3.23. The molecular weight excluding hydrogens is 383 g/mol. The van der Waals surface area contributed by atoms with Gasteiger partial charge in [-0.1, -0.05) is 17.7 Å². The standard InChI is InChI=1S/C17H16ClFN2O4S/c1-9(20-16(23)14-4-3-7-26-14)17(24)25-10(2)15(22)21-13-6-5-11(18)8-12(13)19/h3-10H,1-2H3,(H,20,23)(H,21,22). The summed E-state index contributed by atoms with van der Waals surface area (Å²) in [6, 6.07) is 6.15. The van der Waals surface area contributed by atoms with Crippen LogP contribution in [-0.2, 0) is 14.3 Å². The van der Waals surface area contributed by atoms with Crippen molar-refractivity contribution in [1.82, 2.24) is 5.32 Å². The van der Waals surface area contributed by atoms with Gasteiger partial charge in [0.05, 0.1) is 10.6 Å². The molecule has 0 aliphatic carbocycles. The molecule has 0 spiro atoms. The number of nitrogens with one attached hydrogen (secondary N) is 2. The molecule has 9 heteroatoms. The van der Waals surface area contributed by atoms with Gasteiger partial charge in [0, 0.05) is 5.02 Å². The van der Waals surface area contributed by atoms with Gasteiger partial charge in [0.2, 0.25) is 0 Å². The molecule has 138 valence electrons. The zero-order valence-electron chi connectivity index (χ0n) is 13.9. The number of anilines is 1. The van der Waals surface area contributed by atoms with Crippen LogP contribution < -0.4 is 10.6 Å². The normalized spacial score (nSPS) is 12.8. The second-order valence-electron chi connectivity index (χ2n) is 5.36. The highest BCUT2D eigenvalue weighted by atomic mass is 35.5. The fourth-order valence-electron chi connectivity index (χ4n) is 1.89. The molecule has 26 heavy (non-hydrogen) atoms. The van der Waals surface area contributed by atoms with Crippen LogP contribution in [0.2, 0.25) is 5.02 Å². The van der Waals surface area contributed by atoms with Crippen LogP contribution in [0.1, 0.15) is 23.5 Å². The molecule has 0 aliphatic rings. The van der Waals surface area contributed by atoms with Crippen molar-refractivity contribution in [2.45, 2.75) is 26.0 Å². The number of amides is 2. The first kappa shape index (κ1) is 19.9. The second-order valence-corrected chi connectivity index (χ2v) is 6.75. The fraction of sp³-hybridized carbons (Fsp3) is 0.235. The minimum atomic E-state index is -1.18. The number of benzene rings is 1. The third-order valence-electron chi connectivity index (χ3n) is 3.30. The lowest BCUT2D eigenvalue weighted by molar-refractivity contribution is -0.154. The third kappa shape index (κ3) is 5.27. The molecule has 0 radical (unpaired) electrons. The molecule has 0 aliphatic heterocycles. The maximum Gasteiger partial charge on any atom is 0.329 e. The molecule has 0 bridgehead atoms. The number of esters is 1. The number of rotatable bonds is 6. The molecule has 0 saturated heterocycles. The van der Waals surface area contributed by atoms with E-state index >= 15 is 0 Å². The summed E-state index contributed by atoms with van der Waals surface area (Å²) in [5.41, 5.74) is -0.0821. The van der Waals surface area contributed by atoms with Gasteiger partial charge in [-0.3, -0.25) is 9.59 Å². The molecule has 1 aromatic heterocycles. The van der Waals surface area contributed by atoms with E-state index in [-0.39, 0.29) is 10.7 Å². The van der Waals surface area contributed by atoms with Crippen molar-refractivity contribution in [2.75, 3.05) is 5.32 Å². The van der Waals surface area contributed by atoms with Crippen molar-refractivity contribution >= 4 is 46.4 Å². The van der Waals surface area contributed by atoms with Crippen LogP contribution in [0.25, 0.3) is 0 Å². The van der Waals surface area contributed by atoms with Crippen LogP contribution in [0.3, 0.4) is 0 Å². The molecule has 0 saturated carbocycles. The maximum absolute atomic E-state index is 13.7. The van der Waals surface area contributed by atoms with Crippen molar-refractivity contribution < 1.29 is 23.5 Å². The number of thiophene rings is 1. The van der Waals surface area contributed by atoms with Crippen LogP contribution in [0.4, 0.5) is 10.1 Å². The van der Waals surface area contributed by atoms with E-state index in [4.69, 9.17) is 16.3 Å². The van der Waals surface area contributed by atoms with Gasteiger partial charge in [-0.25, -0.2) is 9.18 Å². The fourth-order valence-corrected chi connectivity index (χ4v) is 2.68. The zero-order chi connectivity index (χ0) is 19.3. The summed E-state index contributed by atoms with van der Waals surface area (Å²) >= 11 is 6.88. The smallest absolute Gasteiger partial charge is 0.329 e. The van der Waals surface area contributed by atoms with Crippen LogP contribution in [0.15, 0.2) is 35.7 Å². The SMILES string of the molecule is CC(NC(=O)c1cccs1)C(=O)OC(C)C(=O)Nc1ccc(Cl)cc1F.